The van der Waals surface area contributed by atoms with Crippen LogP contribution in [0.25, 0.3) is 0 Å². The summed E-state index contributed by atoms with van der Waals surface area (Å²) < 4.78 is 26.5. The highest BCUT2D eigenvalue weighted by Gasteiger charge is 2.32. The minimum atomic E-state index is -3.82. The summed E-state index contributed by atoms with van der Waals surface area (Å²) in [5.41, 5.74) is 5.41. The molecule has 2 N–H and O–H groups in total. The summed E-state index contributed by atoms with van der Waals surface area (Å²) in [4.78, 5) is 21.3. The zero-order valence-electron chi connectivity index (χ0n) is 12.1. The van der Waals surface area contributed by atoms with Gasteiger partial charge in [-0.1, -0.05) is 6.07 Å². The largest absolute Gasteiger partial charge is 0.369 e. The lowest BCUT2D eigenvalue weighted by Gasteiger charge is -2.30. The van der Waals surface area contributed by atoms with Gasteiger partial charge in [-0.05, 0) is 25.3 Å². The van der Waals surface area contributed by atoms with Crippen molar-refractivity contribution in [3.63, 3.8) is 0 Å². The van der Waals surface area contributed by atoms with Crippen molar-refractivity contribution in [2.24, 2.45) is 11.7 Å². The molecule has 0 saturated carbocycles. The van der Waals surface area contributed by atoms with Crippen LogP contribution in [0.5, 0.6) is 0 Å². The van der Waals surface area contributed by atoms with Crippen molar-refractivity contribution in [3.8, 4) is 0 Å². The van der Waals surface area contributed by atoms with E-state index in [0.717, 1.165) is 6.07 Å². The van der Waals surface area contributed by atoms with Crippen molar-refractivity contribution in [2.75, 3.05) is 13.1 Å². The van der Waals surface area contributed by atoms with Crippen molar-refractivity contribution in [3.05, 3.63) is 33.9 Å². The van der Waals surface area contributed by atoms with Crippen LogP contribution in [0.1, 0.15) is 18.4 Å². The van der Waals surface area contributed by atoms with Crippen molar-refractivity contribution in [1.29, 1.82) is 0 Å². The predicted octanol–water partition coefficient (Wildman–Crippen LogP) is 0.789. The Morgan fingerprint density at radius 3 is 2.45 bits per heavy atom. The Hall–Kier alpha value is -2.00. The van der Waals surface area contributed by atoms with Gasteiger partial charge in [0, 0.05) is 31.1 Å². The molecule has 2 rings (SSSR count). The van der Waals surface area contributed by atoms with Crippen LogP contribution in [0.4, 0.5) is 5.69 Å². The van der Waals surface area contributed by atoms with E-state index in [2.05, 4.69) is 0 Å². The number of benzene rings is 1. The summed E-state index contributed by atoms with van der Waals surface area (Å²) in [6, 6.07) is 3.76. The number of non-ortho nitro benzene ring substituents is 1. The van der Waals surface area contributed by atoms with Crippen LogP contribution in [-0.2, 0) is 14.8 Å². The first kappa shape index (κ1) is 16.4. The van der Waals surface area contributed by atoms with E-state index in [-0.39, 0.29) is 29.6 Å². The molecule has 1 aromatic rings. The number of nitrogens with zero attached hydrogens (tertiary/aromatic N) is 2. The second-order valence-electron chi connectivity index (χ2n) is 5.29. The van der Waals surface area contributed by atoms with Crippen LogP contribution in [0, 0.1) is 23.0 Å². The SMILES string of the molecule is Cc1ccc([N+](=O)[O-])cc1S(=O)(=O)N1CCC(C(N)=O)CC1. The lowest BCUT2D eigenvalue weighted by atomic mass is 9.98. The van der Waals surface area contributed by atoms with E-state index in [0.29, 0.717) is 18.4 Å². The molecule has 1 saturated heterocycles. The van der Waals surface area contributed by atoms with Gasteiger partial charge in [-0.15, -0.1) is 0 Å². The van der Waals surface area contributed by atoms with E-state index in [1.807, 2.05) is 0 Å². The first-order chi connectivity index (χ1) is 10.2. The molecule has 0 radical (unpaired) electrons. The summed E-state index contributed by atoms with van der Waals surface area (Å²) in [5.74, 6) is -0.749. The number of carbonyl (C=O) groups excluding carboxylic acids is 1. The van der Waals surface area contributed by atoms with Gasteiger partial charge >= 0.3 is 0 Å². The van der Waals surface area contributed by atoms with Gasteiger partial charge in [0.15, 0.2) is 0 Å². The summed E-state index contributed by atoms with van der Waals surface area (Å²) in [7, 11) is -3.82. The lowest BCUT2D eigenvalue weighted by Crippen LogP contribution is -2.41. The number of nitro groups is 1. The number of hydrogen-bond acceptors (Lipinski definition) is 5. The first-order valence-corrected chi connectivity index (χ1v) is 8.22. The maximum Gasteiger partial charge on any atom is 0.270 e. The van der Waals surface area contributed by atoms with Gasteiger partial charge in [0.05, 0.1) is 9.82 Å². The average Bonchev–Trinajstić information content (AvgIpc) is 2.47. The fraction of sp³-hybridized carbons (Fsp3) is 0.462. The minimum Gasteiger partial charge on any atom is -0.369 e. The van der Waals surface area contributed by atoms with Crippen molar-refractivity contribution in [1.82, 2.24) is 4.31 Å². The van der Waals surface area contributed by atoms with E-state index in [4.69, 9.17) is 5.73 Å². The summed E-state index contributed by atoms with van der Waals surface area (Å²) in [5, 5.41) is 10.8. The Morgan fingerprint density at radius 2 is 1.95 bits per heavy atom. The molecule has 0 aromatic heterocycles. The summed E-state index contributed by atoms with van der Waals surface area (Å²) in [6.45, 7) is 1.95. The molecule has 0 atom stereocenters. The third-order valence-corrected chi connectivity index (χ3v) is 5.90. The second-order valence-corrected chi connectivity index (χ2v) is 7.19. The number of primary amides is 1. The molecule has 0 spiro atoms. The monoisotopic (exact) mass is 327 g/mol. The maximum absolute atomic E-state index is 12.6. The molecule has 120 valence electrons. The smallest absolute Gasteiger partial charge is 0.270 e. The number of carbonyl (C=O) groups is 1. The van der Waals surface area contributed by atoms with Crippen LogP contribution < -0.4 is 5.73 Å². The van der Waals surface area contributed by atoms with Crippen LogP contribution in [0.15, 0.2) is 23.1 Å². The topological polar surface area (TPSA) is 124 Å². The predicted molar refractivity (Wildman–Crippen MR) is 78.5 cm³/mol. The van der Waals surface area contributed by atoms with E-state index in [9.17, 15) is 23.3 Å². The molecule has 0 aliphatic carbocycles. The van der Waals surface area contributed by atoms with E-state index in [1.165, 1.54) is 16.4 Å². The zero-order chi connectivity index (χ0) is 16.5. The van der Waals surface area contributed by atoms with Gasteiger partial charge < -0.3 is 5.73 Å². The fourth-order valence-corrected chi connectivity index (χ4v) is 4.21. The van der Waals surface area contributed by atoms with Crippen LogP contribution >= 0.6 is 0 Å². The number of sulfonamides is 1. The van der Waals surface area contributed by atoms with Crippen molar-refractivity contribution in [2.45, 2.75) is 24.7 Å². The number of rotatable bonds is 4. The molecule has 1 heterocycles. The molecule has 1 aromatic carbocycles. The van der Waals surface area contributed by atoms with Crippen LogP contribution in [0.3, 0.4) is 0 Å². The highest BCUT2D eigenvalue weighted by Crippen LogP contribution is 2.28. The Kier molecular flexibility index (Phi) is 4.47. The lowest BCUT2D eigenvalue weighted by molar-refractivity contribution is -0.385. The highest BCUT2D eigenvalue weighted by molar-refractivity contribution is 7.89. The molecule has 1 aliphatic heterocycles. The zero-order valence-corrected chi connectivity index (χ0v) is 12.9. The molecule has 1 amide bonds. The standard InChI is InChI=1S/C13H17N3O5S/c1-9-2-3-11(16(18)19)8-12(9)22(20,21)15-6-4-10(5-7-15)13(14)17/h2-3,8,10H,4-7H2,1H3,(H2,14,17). The Bertz CT molecular complexity index is 708. The minimum absolute atomic E-state index is 0.0702. The number of aryl methyl sites for hydroxylation is 1. The van der Waals surface area contributed by atoms with Crippen LogP contribution in [0.2, 0.25) is 0 Å². The third kappa shape index (κ3) is 3.09. The Balaban J connectivity index is 2.30. The number of hydrogen-bond donors (Lipinski definition) is 1. The molecule has 22 heavy (non-hydrogen) atoms. The Morgan fingerprint density at radius 1 is 1.36 bits per heavy atom. The molecular formula is C13H17N3O5S. The molecule has 1 aliphatic rings. The van der Waals surface area contributed by atoms with Gasteiger partial charge in [0.2, 0.25) is 15.9 Å². The van der Waals surface area contributed by atoms with Gasteiger partial charge in [0.25, 0.3) is 5.69 Å². The number of piperidine rings is 1. The van der Waals surface area contributed by atoms with Gasteiger partial charge in [-0.3, -0.25) is 14.9 Å². The van der Waals surface area contributed by atoms with Crippen molar-refractivity contribution >= 4 is 21.6 Å². The molecule has 9 heteroatoms. The Labute approximate surface area is 128 Å². The number of nitrogens with two attached hydrogens (primary N) is 1. The van der Waals surface area contributed by atoms with E-state index < -0.39 is 20.9 Å². The first-order valence-electron chi connectivity index (χ1n) is 6.78. The highest BCUT2D eigenvalue weighted by atomic mass is 32.2. The van der Waals surface area contributed by atoms with Crippen LogP contribution in [-0.4, -0.2) is 36.6 Å². The van der Waals surface area contributed by atoms with Gasteiger partial charge in [0.1, 0.15) is 0 Å². The summed E-state index contributed by atoms with van der Waals surface area (Å²) in [6.07, 6.45) is 0.727. The molecule has 8 nitrogen and oxygen atoms in total. The van der Waals surface area contributed by atoms with Gasteiger partial charge in [-0.25, -0.2) is 8.42 Å². The molecule has 0 unspecified atom stereocenters. The maximum atomic E-state index is 12.6. The third-order valence-electron chi connectivity index (χ3n) is 3.86. The molecular weight excluding hydrogens is 310 g/mol. The molecule has 1 fully saturated rings. The average molecular weight is 327 g/mol. The van der Waals surface area contributed by atoms with E-state index >= 15 is 0 Å². The van der Waals surface area contributed by atoms with E-state index in [1.54, 1.807) is 6.92 Å². The second kappa shape index (κ2) is 6.01. The van der Waals surface area contributed by atoms with Gasteiger partial charge in [-0.2, -0.15) is 4.31 Å². The fourth-order valence-electron chi connectivity index (χ4n) is 2.50. The normalized spacial score (nSPS) is 17.3. The summed E-state index contributed by atoms with van der Waals surface area (Å²) >= 11 is 0. The quantitative estimate of drug-likeness (QED) is 0.646. The number of amides is 1. The van der Waals surface area contributed by atoms with Crippen molar-refractivity contribution < 1.29 is 18.1 Å². The number of nitro benzene ring substituents is 1. The molecule has 0 bridgehead atoms.